The van der Waals surface area contributed by atoms with Gasteiger partial charge in [0.05, 0.1) is 10.7 Å². The van der Waals surface area contributed by atoms with Crippen LogP contribution in [0.5, 0.6) is 0 Å². The monoisotopic (exact) mass is 424 g/mol. The molecule has 0 radical (unpaired) electrons. The van der Waals surface area contributed by atoms with Gasteiger partial charge in [-0.05, 0) is 19.1 Å². The van der Waals surface area contributed by atoms with Gasteiger partial charge in [0.25, 0.3) is 0 Å². The number of aryl methyl sites for hydroxylation is 1. The number of nitrogens with one attached hydrogen (secondary N) is 1. The zero-order valence-electron chi connectivity index (χ0n) is 12.4. The van der Waals surface area contributed by atoms with Crippen LogP contribution < -0.4 is 10.4 Å². The van der Waals surface area contributed by atoms with Crippen molar-refractivity contribution in [2.24, 2.45) is 0 Å². The number of alkyl halides is 5. The van der Waals surface area contributed by atoms with Crippen molar-refractivity contribution in [1.29, 1.82) is 0 Å². The number of hydrogen-bond donors (Lipinski definition) is 1. The third kappa shape index (κ3) is 3.51. The normalized spacial score (nSPS) is 12.7. The Bertz CT molecular complexity index is 1010. The highest BCUT2D eigenvalue weighted by Gasteiger charge is 2.46. The first-order chi connectivity index (χ1) is 11.8. The number of rotatable bonds is 4. The SMILES string of the molecule is Cc1nn(-c2cc(NS(=O)(=O)C(F)(F)F)c(Cl)cc2F)c(=O)n1C(F)F. The molecule has 1 aromatic heterocycles. The maximum atomic E-state index is 14.0. The highest BCUT2D eigenvalue weighted by atomic mass is 35.5. The molecule has 1 heterocycles. The Labute approximate surface area is 145 Å². The maximum Gasteiger partial charge on any atom is 0.516 e. The molecule has 0 aliphatic heterocycles. The van der Waals surface area contributed by atoms with Crippen LogP contribution in [0.2, 0.25) is 5.02 Å². The van der Waals surface area contributed by atoms with Gasteiger partial charge in [0.1, 0.15) is 11.5 Å². The van der Waals surface area contributed by atoms with Gasteiger partial charge in [-0.1, -0.05) is 11.6 Å². The molecule has 0 aliphatic rings. The van der Waals surface area contributed by atoms with Gasteiger partial charge in [-0.15, -0.1) is 5.10 Å². The first kappa shape index (κ1) is 20.1. The van der Waals surface area contributed by atoms with E-state index in [-0.39, 0.29) is 9.25 Å². The van der Waals surface area contributed by atoms with Crippen LogP contribution >= 0.6 is 11.6 Å². The smallest absolute Gasteiger partial charge is 0.274 e. The molecule has 0 saturated carbocycles. The Balaban J connectivity index is 2.64. The van der Waals surface area contributed by atoms with Crippen LogP contribution in [0.4, 0.5) is 32.0 Å². The van der Waals surface area contributed by atoms with Gasteiger partial charge in [-0.3, -0.25) is 4.72 Å². The van der Waals surface area contributed by atoms with Crippen molar-refractivity contribution in [1.82, 2.24) is 14.3 Å². The average molecular weight is 425 g/mol. The Kier molecular flexibility index (Phi) is 5.02. The van der Waals surface area contributed by atoms with Crippen molar-refractivity contribution in [2.45, 2.75) is 19.0 Å². The Morgan fingerprint density at radius 3 is 2.31 bits per heavy atom. The number of anilines is 1. The largest absolute Gasteiger partial charge is 0.516 e. The van der Waals surface area contributed by atoms with Crippen molar-refractivity contribution in [3.05, 3.63) is 39.3 Å². The number of nitrogens with zero attached hydrogens (tertiary/aromatic N) is 3. The molecule has 15 heteroatoms. The molecule has 0 bridgehead atoms. The van der Waals surface area contributed by atoms with Crippen molar-refractivity contribution in [3.63, 3.8) is 0 Å². The summed E-state index contributed by atoms with van der Waals surface area (Å²) < 4.78 is 100. The summed E-state index contributed by atoms with van der Waals surface area (Å²) in [6.07, 6.45) is 0. The lowest BCUT2D eigenvalue weighted by Crippen LogP contribution is -2.30. The summed E-state index contributed by atoms with van der Waals surface area (Å²) in [7, 11) is -5.90. The molecule has 0 spiro atoms. The molecular formula is C11H7ClF6N4O3S. The molecule has 0 amide bonds. The van der Waals surface area contributed by atoms with Gasteiger partial charge in [-0.2, -0.15) is 35.1 Å². The summed E-state index contributed by atoms with van der Waals surface area (Å²) in [5.41, 5.74) is -9.02. The first-order valence-corrected chi connectivity index (χ1v) is 8.17. The summed E-state index contributed by atoms with van der Waals surface area (Å²) >= 11 is 5.50. The summed E-state index contributed by atoms with van der Waals surface area (Å²) in [6, 6.07) is 0.818. The van der Waals surface area contributed by atoms with Crippen LogP contribution in [-0.2, 0) is 10.0 Å². The van der Waals surface area contributed by atoms with Gasteiger partial charge < -0.3 is 0 Å². The Morgan fingerprint density at radius 1 is 1.27 bits per heavy atom. The van der Waals surface area contributed by atoms with E-state index in [1.54, 1.807) is 0 Å². The van der Waals surface area contributed by atoms with Crippen LogP contribution in [0.15, 0.2) is 16.9 Å². The topological polar surface area (TPSA) is 86.0 Å². The number of aromatic nitrogens is 3. The second-order valence-corrected chi connectivity index (χ2v) is 6.81. The zero-order chi connectivity index (χ0) is 20.0. The third-order valence-corrected chi connectivity index (χ3v) is 4.40. The van der Waals surface area contributed by atoms with Gasteiger partial charge in [0.15, 0.2) is 5.82 Å². The molecule has 0 aliphatic carbocycles. The third-order valence-electron chi connectivity index (χ3n) is 2.99. The summed E-state index contributed by atoms with van der Waals surface area (Å²) in [5.74, 6) is -1.83. The second kappa shape index (κ2) is 6.50. The van der Waals surface area contributed by atoms with Crippen molar-refractivity contribution >= 4 is 27.3 Å². The number of halogens is 7. The first-order valence-electron chi connectivity index (χ1n) is 6.31. The van der Waals surface area contributed by atoms with Crippen LogP contribution in [0.25, 0.3) is 5.69 Å². The molecule has 7 nitrogen and oxygen atoms in total. The lowest BCUT2D eigenvalue weighted by molar-refractivity contribution is -0.0429. The summed E-state index contributed by atoms with van der Waals surface area (Å²) in [4.78, 5) is 11.9. The standard InChI is InChI=1S/C11H7ClF6N4O3S/c1-4-19-22(10(23)21(4)9(14)15)8-3-7(5(12)2-6(8)13)20-26(24,25)11(16,17)18/h2-3,9,20H,1H3. The van der Waals surface area contributed by atoms with E-state index in [1.807, 2.05) is 0 Å². The molecule has 0 saturated heterocycles. The predicted molar refractivity (Wildman–Crippen MR) is 77.4 cm³/mol. The number of hydrogen-bond acceptors (Lipinski definition) is 4. The lowest BCUT2D eigenvalue weighted by atomic mass is 10.2. The minimum atomic E-state index is -5.90. The summed E-state index contributed by atoms with van der Waals surface area (Å²) in [6.45, 7) is -2.31. The van der Waals surface area contributed by atoms with Gasteiger partial charge in [0, 0.05) is 0 Å². The van der Waals surface area contributed by atoms with Crippen LogP contribution in [0, 0.1) is 12.7 Å². The van der Waals surface area contributed by atoms with E-state index >= 15 is 0 Å². The molecule has 0 unspecified atom stereocenters. The molecule has 2 aromatic rings. The van der Waals surface area contributed by atoms with E-state index in [0.29, 0.717) is 12.1 Å². The van der Waals surface area contributed by atoms with E-state index in [0.717, 1.165) is 11.6 Å². The fourth-order valence-corrected chi connectivity index (χ4v) is 2.67. The fraction of sp³-hybridized carbons (Fsp3) is 0.273. The second-order valence-electron chi connectivity index (χ2n) is 4.72. The van der Waals surface area contributed by atoms with Crippen molar-refractivity contribution < 1.29 is 34.8 Å². The Morgan fingerprint density at radius 2 is 1.85 bits per heavy atom. The molecule has 2 rings (SSSR count). The van der Waals surface area contributed by atoms with E-state index < -0.39 is 55.8 Å². The highest BCUT2D eigenvalue weighted by molar-refractivity contribution is 7.93. The minimum absolute atomic E-state index is 0.104. The predicted octanol–water partition coefficient (Wildman–Crippen LogP) is 2.79. The number of sulfonamides is 1. The van der Waals surface area contributed by atoms with Crippen LogP contribution in [-0.4, -0.2) is 28.3 Å². The molecule has 0 fully saturated rings. The fourth-order valence-electron chi connectivity index (χ4n) is 1.84. The molecule has 0 atom stereocenters. The van der Waals surface area contributed by atoms with E-state index in [1.165, 1.54) is 0 Å². The zero-order valence-corrected chi connectivity index (χ0v) is 13.9. The maximum absolute atomic E-state index is 14.0. The molecule has 1 aromatic carbocycles. The molecule has 144 valence electrons. The molecule has 26 heavy (non-hydrogen) atoms. The summed E-state index contributed by atoms with van der Waals surface area (Å²) in [5, 5.41) is 2.62. The molecule has 1 N–H and O–H groups in total. The van der Waals surface area contributed by atoms with E-state index in [4.69, 9.17) is 11.6 Å². The Hall–Kier alpha value is -2.22. The lowest BCUT2D eigenvalue weighted by Gasteiger charge is -2.13. The van der Waals surface area contributed by atoms with Gasteiger partial charge >= 0.3 is 27.8 Å². The minimum Gasteiger partial charge on any atom is -0.274 e. The van der Waals surface area contributed by atoms with E-state index in [2.05, 4.69) is 5.10 Å². The molecular weight excluding hydrogens is 418 g/mol. The van der Waals surface area contributed by atoms with Gasteiger partial charge in [0.2, 0.25) is 0 Å². The van der Waals surface area contributed by atoms with Crippen molar-refractivity contribution in [2.75, 3.05) is 4.72 Å². The number of benzene rings is 1. The van der Waals surface area contributed by atoms with Crippen LogP contribution in [0.3, 0.4) is 0 Å². The van der Waals surface area contributed by atoms with E-state index in [9.17, 15) is 39.6 Å². The quantitative estimate of drug-likeness (QED) is 0.765. The van der Waals surface area contributed by atoms with Crippen molar-refractivity contribution in [3.8, 4) is 5.69 Å². The van der Waals surface area contributed by atoms with Gasteiger partial charge in [-0.25, -0.2) is 13.8 Å². The average Bonchev–Trinajstić information content (AvgIpc) is 2.75. The highest BCUT2D eigenvalue weighted by Crippen LogP contribution is 2.31. The van der Waals surface area contributed by atoms with Crippen LogP contribution in [0.1, 0.15) is 12.4 Å².